The van der Waals surface area contributed by atoms with E-state index in [1.165, 1.54) is 11.1 Å². The standard InChI is InChI=1S/C28H33NO3/c1-28(2)27(30)24-18-26(32-4)25(31-3)17-22(24)19-29(28)16-15-23(20-11-7-5-8-12-20)21-13-9-6-10-14-21/h5-14,17-18,23,27,30H,15-16,19H2,1-4H3. The molecule has 0 aliphatic carbocycles. The minimum atomic E-state index is -0.613. The van der Waals surface area contributed by atoms with E-state index in [9.17, 15) is 5.11 Å². The Kier molecular flexibility index (Phi) is 6.54. The summed E-state index contributed by atoms with van der Waals surface area (Å²) in [6.07, 6.45) is 0.352. The van der Waals surface area contributed by atoms with E-state index >= 15 is 0 Å². The summed E-state index contributed by atoms with van der Waals surface area (Å²) in [6, 6.07) is 25.3. The van der Waals surface area contributed by atoms with E-state index in [2.05, 4.69) is 79.4 Å². The second kappa shape index (κ2) is 9.35. The van der Waals surface area contributed by atoms with Gasteiger partial charge in [-0.1, -0.05) is 60.7 Å². The Morgan fingerprint density at radius 3 is 1.97 bits per heavy atom. The van der Waals surface area contributed by atoms with Crippen LogP contribution in [0.2, 0.25) is 0 Å². The Bertz CT molecular complexity index is 994. The Labute approximate surface area is 191 Å². The van der Waals surface area contributed by atoms with E-state index < -0.39 is 11.6 Å². The molecule has 1 N–H and O–H groups in total. The molecule has 1 unspecified atom stereocenters. The fourth-order valence-electron chi connectivity index (χ4n) is 4.84. The lowest BCUT2D eigenvalue weighted by Crippen LogP contribution is -2.51. The Morgan fingerprint density at radius 1 is 0.906 bits per heavy atom. The van der Waals surface area contributed by atoms with Crippen molar-refractivity contribution in [3.05, 3.63) is 95.1 Å². The highest BCUT2D eigenvalue weighted by Crippen LogP contribution is 2.44. The number of fused-ring (bicyclic) bond motifs is 1. The molecule has 0 saturated carbocycles. The molecule has 32 heavy (non-hydrogen) atoms. The first-order chi connectivity index (χ1) is 15.5. The van der Waals surface area contributed by atoms with Crippen LogP contribution in [0.4, 0.5) is 0 Å². The van der Waals surface area contributed by atoms with Gasteiger partial charge in [0.25, 0.3) is 0 Å². The molecule has 0 aromatic heterocycles. The third kappa shape index (κ3) is 4.25. The van der Waals surface area contributed by atoms with Crippen molar-refractivity contribution in [1.82, 2.24) is 4.90 Å². The number of methoxy groups -OCH3 is 2. The van der Waals surface area contributed by atoms with E-state index in [4.69, 9.17) is 9.47 Å². The van der Waals surface area contributed by atoms with Crippen molar-refractivity contribution in [2.75, 3.05) is 20.8 Å². The first-order valence-corrected chi connectivity index (χ1v) is 11.2. The zero-order valence-electron chi connectivity index (χ0n) is 19.4. The monoisotopic (exact) mass is 431 g/mol. The summed E-state index contributed by atoms with van der Waals surface area (Å²) in [6.45, 7) is 5.87. The molecule has 0 bridgehead atoms. The molecular weight excluding hydrogens is 398 g/mol. The largest absolute Gasteiger partial charge is 0.493 e. The maximum atomic E-state index is 11.3. The van der Waals surface area contributed by atoms with Crippen LogP contribution in [0.3, 0.4) is 0 Å². The third-order valence-corrected chi connectivity index (χ3v) is 6.88. The van der Waals surface area contributed by atoms with Gasteiger partial charge in [-0.25, -0.2) is 0 Å². The average molecular weight is 432 g/mol. The number of ether oxygens (including phenoxy) is 2. The highest BCUT2D eigenvalue weighted by atomic mass is 16.5. The van der Waals surface area contributed by atoms with Gasteiger partial charge in [-0.3, -0.25) is 4.90 Å². The van der Waals surface area contributed by atoms with Crippen LogP contribution in [-0.4, -0.2) is 36.3 Å². The smallest absolute Gasteiger partial charge is 0.161 e. The second-order valence-corrected chi connectivity index (χ2v) is 9.05. The van der Waals surface area contributed by atoms with Gasteiger partial charge in [0.2, 0.25) is 0 Å². The van der Waals surface area contributed by atoms with Crippen molar-refractivity contribution in [3.8, 4) is 11.5 Å². The number of hydrogen-bond donors (Lipinski definition) is 1. The summed E-state index contributed by atoms with van der Waals surface area (Å²) in [5, 5.41) is 11.3. The summed E-state index contributed by atoms with van der Waals surface area (Å²) >= 11 is 0. The highest BCUT2D eigenvalue weighted by molar-refractivity contribution is 5.50. The lowest BCUT2D eigenvalue weighted by molar-refractivity contribution is -0.0318. The van der Waals surface area contributed by atoms with Crippen LogP contribution < -0.4 is 9.47 Å². The van der Waals surface area contributed by atoms with Crippen molar-refractivity contribution >= 4 is 0 Å². The van der Waals surface area contributed by atoms with E-state index in [0.29, 0.717) is 17.4 Å². The van der Waals surface area contributed by atoms with Crippen LogP contribution in [0.15, 0.2) is 72.8 Å². The molecule has 0 radical (unpaired) electrons. The van der Waals surface area contributed by atoms with Crippen LogP contribution >= 0.6 is 0 Å². The number of rotatable bonds is 7. The van der Waals surface area contributed by atoms with Crippen molar-refractivity contribution in [1.29, 1.82) is 0 Å². The van der Waals surface area contributed by atoms with E-state index in [1.54, 1.807) is 14.2 Å². The molecule has 0 spiro atoms. The van der Waals surface area contributed by atoms with Crippen molar-refractivity contribution in [2.45, 2.75) is 44.4 Å². The fourth-order valence-corrected chi connectivity index (χ4v) is 4.84. The van der Waals surface area contributed by atoms with Gasteiger partial charge in [0.05, 0.1) is 20.3 Å². The van der Waals surface area contributed by atoms with Crippen molar-refractivity contribution in [2.24, 2.45) is 0 Å². The van der Waals surface area contributed by atoms with E-state index in [-0.39, 0.29) is 0 Å². The number of hydrogen-bond acceptors (Lipinski definition) is 4. The van der Waals surface area contributed by atoms with Gasteiger partial charge >= 0.3 is 0 Å². The normalized spacial score (nSPS) is 17.8. The van der Waals surface area contributed by atoms with E-state index in [1.807, 2.05) is 12.1 Å². The number of aliphatic hydroxyl groups excluding tert-OH is 1. The van der Waals surface area contributed by atoms with Crippen LogP contribution in [0.25, 0.3) is 0 Å². The SMILES string of the molecule is COc1cc2c(cc1OC)C(O)C(C)(C)N(CCC(c1ccccc1)c1ccccc1)C2. The van der Waals surface area contributed by atoms with Gasteiger partial charge in [-0.2, -0.15) is 0 Å². The zero-order valence-corrected chi connectivity index (χ0v) is 19.4. The highest BCUT2D eigenvalue weighted by Gasteiger charge is 2.41. The summed E-state index contributed by atoms with van der Waals surface area (Å²) in [5.74, 6) is 1.66. The van der Waals surface area contributed by atoms with Crippen LogP contribution in [0.1, 0.15) is 54.5 Å². The third-order valence-electron chi connectivity index (χ3n) is 6.88. The first kappa shape index (κ1) is 22.4. The molecular formula is C28H33NO3. The average Bonchev–Trinajstić information content (AvgIpc) is 2.83. The molecule has 1 aliphatic heterocycles. The minimum absolute atomic E-state index is 0.303. The molecule has 0 fully saturated rings. The van der Waals surface area contributed by atoms with E-state index in [0.717, 1.165) is 30.6 Å². The Morgan fingerprint density at radius 2 is 1.44 bits per heavy atom. The van der Waals surface area contributed by atoms with Crippen LogP contribution in [0.5, 0.6) is 11.5 Å². The van der Waals surface area contributed by atoms with Crippen molar-refractivity contribution in [3.63, 3.8) is 0 Å². The maximum absolute atomic E-state index is 11.3. The summed E-state index contributed by atoms with van der Waals surface area (Å²) in [7, 11) is 3.28. The van der Waals surface area contributed by atoms with Gasteiger partial charge in [-0.15, -0.1) is 0 Å². The van der Waals surface area contributed by atoms with Gasteiger partial charge < -0.3 is 14.6 Å². The van der Waals surface area contributed by atoms with Crippen LogP contribution in [-0.2, 0) is 6.54 Å². The molecule has 1 heterocycles. The maximum Gasteiger partial charge on any atom is 0.161 e. The fraction of sp³-hybridized carbons (Fsp3) is 0.357. The molecule has 4 heteroatoms. The van der Waals surface area contributed by atoms with Crippen molar-refractivity contribution < 1.29 is 14.6 Å². The quantitative estimate of drug-likeness (QED) is 0.532. The Balaban J connectivity index is 1.62. The number of aliphatic hydroxyl groups is 1. The Hall–Kier alpha value is -2.82. The predicted octanol–water partition coefficient (Wildman–Crippen LogP) is 5.55. The summed E-state index contributed by atoms with van der Waals surface area (Å²) in [4.78, 5) is 2.39. The molecule has 3 aromatic carbocycles. The van der Waals surface area contributed by atoms with Gasteiger partial charge in [0.15, 0.2) is 11.5 Å². The molecule has 1 atom stereocenters. The minimum Gasteiger partial charge on any atom is -0.493 e. The first-order valence-electron chi connectivity index (χ1n) is 11.2. The lowest BCUT2D eigenvalue weighted by Gasteiger charge is -2.47. The molecule has 168 valence electrons. The summed E-state index contributed by atoms with van der Waals surface area (Å²) < 4.78 is 11.0. The van der Waals surface area contributed by atoms with Gasteiger partial charge in [0, 0.05) is 24.5 Å². The predicted molar refractivity (Wildman–Crippen MR) is 128 cm³/mol. The molecule has 0 amide bonds. The molecule has 4 rings (SSSR count). The van der Waals surface area contributed by atoms with Gasteiger partial charge in [-0.05, 0) is 54.7 Å². The van der Waals surface area contributed by atoms with Crippen LogP contribution in [0, 0.1) is 0 Å². The second-order valence-electron chi connectivity index (χ2n) is 9.05. The topological polar surface area (TPSA) is 41.9 Å². The zero-order chi connectivity index (χ0) is 22.7. The molecule has 0 saturated heterocycles. The number of benzene rings is 3. The molecule has 1 aliphatic rings. The lowest BCUT2D eigenvalue weighted by atomic mass is 9.81. The number of nitrogens with zero attached hydrogens (tertiary/aromatic N) is 1. The molecule has 3 aromatic rings. The van der Waals surface area contributed by atoms with Gasteiger partial charge in [0.1, 0.15) is 0 Å². The summed E-state index contributed by atoms with van der Waals surface area (Å²) in [5.41, 5.74) is 4.25. The molecule has 4 nitrogen and oxygen atoms in total.